The molecule has 1 fully saturated rings. The van der Waals surface area contributed by atoms with E-state index in [-0.39, 0.29) is 5.91 Å². The van der Waals surface area contributed by atoms with E-state index in [9.17, 15) is 4.79 Å². The summed E-state index contributed by atoms with van der Waals surface area (Å²) in [7, 11) is 1.77. The minimum Gasteiger partial charge on any atom is -0.373 e. The smallest absolute Gasteiger partial charge is 0.233 e. The lowest BCUT2D eigenvalue weighted by molar-refractivity contribution is -0.120. The van der Waals surface area contributed by atoms with Crippen LogP contribution in [0.4, 0.5) is 0 Å². The monoisotopic (exact) mass is 243 g/mol. The topological polar surface area (TPSA) is 53.6 Å². The number of likely N-dealkylation sites (N-methyl/N-ethyl adjacent to an activating group) is 1. The van der Waals surface area contributed by atoms with E-state index in [4.69, 9.17) is 4.74 Å². The van der Waals surface area contributed by atoms with Gasteiger partial charge in [-0.2, -0.15) is 0 Å². The van der Waals surface area contributed by atoms with Crippen molar-refractivity contribution < 1.29 is 9.53 Å². The average Bonchev–Trinajstić information content (AvgIpc) is 2.23. The highest BCUT2D eigenvalue weighted by Crippen LogP contribution is 2.10. The number of carbonyl (C=O) groups excluding carboxylic acids is 1. The molecule has 0 spiro atoms. The Kier molecular flexibility index (Phi) is 6.47. The van der Waals surface area contributed by atoms with Gasteiger partial charge in [-0.1, -0.05) is 0 Å². The van der Waals surface area contributed by atoms with Crippen molar-refractivity contribution in [1.82, 2.24) is 15.5 Å². The average molecular weight is 243 g/mol. The second-order valence-electron chi connectivity index (χ2n) is 4.75. The van der Waals surface area contributed by atoms with E-state index < -0.39 is 0 Å². The summed E-state index contributed by atoms with van der Waals surface area (Å²) in [5, 5.41) is 5.72. The van der Waals surface area contributed by atoms with Gasteiger partial charge in [-0.3, -0.25) is 9.69 Å². The number of amides is 1. The Hall–Kier alpha value is -0.650. The summed E-state index contributed by atoms with van der Waals surface area (Å²) < 4.78 is 5.67. The summed E-state index contributed by atoms with van der Waals surface area (Å²) in [5.74, 6) is 0.0659. The van der Waals surface area contributed by atoms with Crippen molar-refractivity contribution in [2.75, 3.05) is 39.8 Å². The fourth-order valence-electron chi connectivity index (χ4n) is 2.22. The number of morpholine rings is 1. The zero-order chi connectivity index (χ0) is 12.7. The van der Waals surface area contributed by atoms with Crippen molar-refractivity contribution in [3.63, 3.8) is 0 Å². The van der Waals surface area contributed by atoms with Gasteiger partial charge in [0.1, 0.15) is 0 Å². The lowest BCUT2D eigenvalue weighted by Gasteiger charge is -2.35. The van der Waals surface area contributed by atoms with Crippen LogP contribution < -0.4 is 10.6 Å². The number of nitrogens with one attached hydrogen (secondary N) is 2. The van der Waals surface area contributed by atoms with Gasteiger partial charge in [-0.25, -0.2) is 0 Å². The third kappa shape index (κ3) is 6.00. The van der Waals surface area contributed by atoms with Crippen molar-refractivity contribution in [2.45, 2.75) is 32.5 Å². The van der Waals surface area contributed by atoms with E-state index in [0.717, 1.165) is 32.6 Å². The Morgan fingerprint density at radius 3 is 2.59 bits per heavy atom. The van der Waals surface area contributed by atoms with Gasteiger partial charge < -0.3 is 15.4 Å². The molecule has 0 saturated carbocycles. The molecule has 17 heavy (non-hydrogen) atoms. The Balaban J connectivity index is 2.08. The van der Waals surface area contributed by atoms with Crippen molar-refractivity contribution >= 4 is 5.91 Å². The quantitative estimate of drug-likeness (QED) is 0.636. The first-order chi connectivity index (χ1) is 8.11. The van der Waals surface area contributed by atoms with Gasteiger partial charge in [0.05, 0.1) is 18.8 Å². The van der Waals surface area contributed by atoms with Crippen LogP contribution in [0.15, 0.2) is 0 Å². The lowest BCUT2D eigenvalue weighted by atomic mass is 10.2. The lowest BCUT2D eigenvalue weighted by Crippen LogP contribution is -2.46. The van der Waals surface area contributed by atoms with Crippen molar-refractivity contribution in [3.05, 3.63) is 0 Å². The molecule has 1 aliphatic heterocycles. The largest absolute Gasteiger partial charge is 0.373 e. The van der Waals surface area contributed by atoms with Crippen LogP contribution in [0.3, 0.4) is 0 Å². The van der Waals surface area contributed by atoms with Gasteiger partial charge in [0.15, 0.2) is 0 Å². The minimum atomic E-state index is 0.0659. The van der Waals surface area contributed by atoms with Crippen LogP contribution in [0, 0.1) is 0 Å². The summed E-state index contributed by atoms with van der Waals surface area (Å²) in [4.78, 5) is 13.6. The zero-order valence-electron chi connectivity index (χ0n) is 11.2. The van der Waals surface area contributed by atoms with Crippen LogP contribution >= 0.6 is 0 Å². The van der Waals surface area contributed by atoms with Crippen molar-refractivity contribution in [1.29, 1.82) is 0 Å². The molecule has 1 heterocycles. The van der Waals surface area contributed by atoms with Crippen LogP contribution in [0.25, 0.3) is 0 Å². The van der Waals surface area contributed by atoms with Gasteiger partial charge in [-0.15, -0.1) is 0 Å². The van der Waals surface area contributed by atoms with Gasteiger partial charge in [-0.05, 0) is 27.3 Å². The molecule has 1 saturated heterocycles. The fourth-order valence-corrected chi connectivity index (χ4v) is 2.22. The highest BCUT2D eigenvalue weighted by Gasteiger charge is 2.21. The first kappa shape index (κ1) is 14.4. The second kappa shape index (κ2) is 7.63. The van der Waals surface area contributed by atoms with Gasteiger partial charge in [0.25, 0.3) is 0 Å². The zero-order valence-corrected chi connectivity index (χ0v) is 11.2. The molecule has 0 aromatic carbocycles. The molecule has 0 radical (unpaired) electrons. The molecular weight excluding hydrogens is 218 g/mol. The summed E-state index contributed by atoms with van der Waals surface area (Å²) >= 11 is 0. The van der Waals surface area contributed by atoms with E-state index in [0.29, 0.717) is 18.8 Å². The molecule has 100 valence electrons. The Labute approximate surface area is 104 Å². The maximum atomic E-state index is 11.2. The van der Waals surface area contributed by atoms with E-state index in [1.165, 1.54) is 0 Å². The fraction of sp³-hybridized carbons (Fsp3) is 0.917. The van der Waals surface area contributed by atoms with E-state index in [2.05, 4.69) is 29.4 Å². The molecule has 2 unspecified atom stereocenters. The molecule has 5 heteroatoms. The first-order valence-electron chi connectivity index (χ1n) is 6.41. The van der Waals surface area contributed by atoms with Crippen LogP contribution in [-0.2, 0) is 9.53 Å². The summed E-state index contributed by atoms with van der Waals surface area (Å²) in [6.45, 7) is 8.38. The molecule has 1 aliphatic rings. The maximum Gasteiger partial charge on any atom is 0.233 e. The van der Waals surface area contributed by atoms with Crippen LogP contribution in [-0.4, -0.2) is 62.8 Å². The third-order valence-electron chi connectivity index (χ3n) is 2.81. The Morgan fingerprint density at radius 1 is 1.35 bits per heavy atom. The number of ether oxygens (including phenoxy) is 1. The molecule has 2 N–H and O–H groups in total. The van der Waals surface area contributed by atoms with Crippen LogP contribution in [0.5, 0.6) is 0 Å². The maximum absolute atomic E-state index is 11.2. The minimum absolute atomic E-state index is 0.0659. The van der Waals surface area contributed by atoms with E-state index in [1.54, 1.807) is 7.05 Å². The summed E-state index contributed by atoms with van der Waals surface area (Å²) in [5.41, 5.74) is 0. The Morgan fingerprint density at radius 2 is 2.00 bits per heavy atom. The van der Waals surface area contributed by atoms with Crippen LogP contribution in [0.1, 0.15) is 20.3 Å². The number of nitrogens with zero attached hydrogens (tertiary/aromatic N) is 1. The SMILES string of the molecule is CNCC(=O)NCCCN1CC(C)OC(C)C1. The number of rotatable bonds is 6. The van der Waals surface area contributed by atoms with Crippen molar-refractivity contribution in [3.8, 4) is 0 Å². The molecular formula is C12H25N3O2. The standard InChI is InChI=1S/C12H25N3O2/c1-10-8-15(9-11(2)17-10)6-4-5-14-12(16)7-13-3/h10-11,13H,4-9H2,1-3H3,(H,14,16). The molecule has 1 amide bonds. The predicted molar refractivity (Wildman–Crippen MR) is 68.0 cm³/mol. The number of carbonyl (C=O) groups is 1. The molecule has 5 nitrogen and oxygen atoms in total. The molecule has 2 atom stereocenters. The Bertz CT molecular complexity index is 226. The molecule has 0 aliphatic carbocycles. The van der Waals surface area contributed by atoms with Gasteiger partial charge >= 0.3 is 0 Å². The van der Waals surface area contributed by atoms with E-state index in [1.807, 2.05) is 0 Å². The molecule has 0 aromatic heterocycles. The highest BCUT2D eigenvalue weighted by atomic mass is 16.5. The van der Waals surface area contributed by atoms with E-state index >= 15 is 0 Å². The van der Waals surface area contributed by atoms with Gasteiger partial charge in [0.2, 0.25) is 5.91 Å². The number of hydrogen-bond acceptors (Lipinski definition) is 4. The molecule has 0 aromatic rings. The molecule has 1 rings (SSSR count). The first-order valence-corrected chi connectivity index (χ1v) is 6.41. The van der Waals surface area contributed by atoms with Crippen molar-refractivity contribution in [2.24, 2.45) is 0 Å². The normalized spacial score (nSPS) is 25.8. The number of hydrogen-bond donors (Lipinski definition) is 2. The molecule has 0 bridgehead atoms. The third-order valence-corrected chi connectivity index (χ3v) is 2.81. The summed E-state index contributed by atoms with van der Waals surface area (Å²) in [6.07, 6.45) is 1.63. The summed E-state index contributed by atoms with van der Waals surface area (Å²) in [6, 6.07) is 0. The van der Waals surface area contributed by atoms with Gasteiger partial charge in [0, 0.05) is 26.2 Å². The predicted octanol–water partition coefficient (Wildman–Crippen LogP) is -0.179. The van der Waals surface area contributed by atoms with Crippen LogP contribution in [0.2, 0.25) is 0 Å². The highest BCUT2D eigenvalue weighted by molar-refractivity contribution is 5.77. The second-order valence-corrected chi connectivity index (χ2v) is 4.75.